The molecule has 0 bridgehead atoms. The molecule has 8 nitrogen and oxygen atoms in total. The maximum atomic E-state index is 12.9. The number of carbonyl (C=O) groups excluding carboxylic acids is 1. The first-order valence-electron chi connectivity index (χ1n) is 11.9. The van der Waals surface area contributed by atoms with Crippen molar-refractivity contribution in [3.05, 3.63) is 46.0 Å². The number of nitrogens with zero attached hydrogens (tertiary/aromatic N) is 5. The van der Waals surface area contributed by atoms with Gasteiger partial charge in [-0.05, 0) is 37.8 Å². The van der Waals surface area contributed by atoms with E-state index < -0.39 is 0 Å². The van der Waals surface area contributed by atoms with E-state index in [1.54, 1.807) is 6.07 Å². The molecule has 1 aromatic carbocycles. The van der Waals surface area contributed by atoms with Crippen molar-refractivity contribution in [2.24, 2.45) is 0 Å². The molecule has 0 unspecified atom stereocenters. The summed E-state index contributed by atoms with van der Waals surface area (Å²) in [5.41, 5.74) is 1.68. The van der Waals surface area contributed by atoms with Gasteiger partial charge in [0.2, 0.25) is 5.91 Å². The molecule has 0 radical (unpaired) electrons. The first-order valence-corrected chi connectivity index (χ1v) is 13.3. The lowest BCUT2D eigenvalue weighted by atomic mass is 10.0. The number of hydrogen-bond acceptors (Lipinski definition) is 6. The molecule has 0 spiro atoms. The van der Waals surface area contributed by atoms with Gasteiger partial charge in [-0.3, -0.25) is 9.36 Å². The predicted molar refractivity (Wildman–Crippen MR) is 138 cm³/mol. The molecule has 0 aliphatic carbocycles. The van der Waals surface area contributed by atoms with Crippen LogP contribution in [0.3, 0.4) is 0 Å². The summed E-state index contributed by atoms with van der Waals surface area (Å²) in [5, 5.41) is 0.912. The molecule has 10 heteroatoms. The van der Waals surface area contributed by atoms with Crippen LogP contribution >= 0.6 is 23.4 Å². The molecule has 3 aromatic rings. The minimum atomic E-state index is -0.0874. The number of imidazole rings is 1. The average Bonchev–Trinajstić information content (AvgIpc) is 3.18. The molecular weight excluding hydrogens is 472 g/mol. The fraction of sp³-hybridized carbons (Fsp3) is 0.500. The van der Waals surface area contributed by atoms with Gasteiger partial charge in [0.15, 0.2) is 5.16 Å². The van der Waals surface area contributed by atoms with E-state index >= 15 is 0 Å². The maximum absolute atomic E-state index is 12.9. The number of halogens is 1. The molecule has 1 saturated heterocycles. The zero-order valence-electron chi connectivity index (χ0n) is 19.7. The predicted octanol–water partition coefficient (Wildman–Crippen LogP) is 4.36. The van der Waals surface area contributed by atoms with E-state index in [9.17, 15) is 9.59 Å². The quantitative estimate of drug-likeness (QED) is 0.266. The number of H-pyrrole nitrogens is 1. The Morgan fingerprint density at radius 2 is 1.88 bits per heavy atom. The van der Waals surface area contributed by atoms with E-state index in [-0.39, 0.29) is 23.4 Å². The Bertz CT molecular complexity index is 1180. The number of fused-ring (bicyclic) bond motifs is 1. The monoisotopic (exact) mass is 502 g/mol. The Morgan fingerprint density at radius 3 is 2.59 bits per heavy atom. The Hall–Kier alpha value is -2.52. The molecule has 0 saturated carbocycles. The molecule has 1 aliphatic rings. The fourth-order valence-corrected chi connectivity index (χ4v) is 5.50. The van der Waals surface area contributed by atoms with E-state index in [0.717, 1.165) is 55.6 Å². The number of aromatic nitrogens is 4. The van der Waals surface area contributed by atoms with Gasteiger partial charge in [0.1, 0.15) is 11.0 Å². The van der Waals surface area contributed by atoms with Gasteiger partial charge in [-0.15, -0.1) is 0 Å². The number of nitrogens with one attached hydrogen (secondary N) is 1. The summed E-state index contributed by atoms with van der Waals surface area (Å²) < 4.78 is 1.84. The average molecular weight is 503 g/mol. The lowest BCUT2D eigenvalue weighted by Gasteiger charge is -2.32. The van der Waals surface area contributed by atoms with Crippen molar-refractivity contribution >= 4 is 46.1 Å². The van der Waals surface area contributed by atoms with E-state index in [0.29, 0.717) is 23.4 Å². The third-order valence-electron chi connectivity index (χ3n) is 6.10. The fourth-order valence-electron chi connectivity index (χ4n) is 4.52. The third-order valence-corrected chi connectivity index (χ3v) is 7.13. The summed E-state index contributed by atoms with van der Waals surface area (Å²) in [7, 11) is 0. The number of amides is 1. The summed E-state index contributed by atoms with van der Waals surface area (Å²) in [6.07, 6.45) is 3.53. The maximum Gasteiger partial charge on any atom is 0.326 e. The number of aromatic amines is 1. The minimum Gasteiger partial charge on any atom is -0.356 e. The number of hydrogen-bond donors (Lipinski definition) is 1. The van der Waals surface area contributed by atoms with Crippen LogP contribution in [0.5, 0.6) is 0 Å². The van der Waals surface area contributed by atoms with Gasteiger partial charge in [0, 0.05) is 38.3 Å². The summed E-state index contributed by atoms with van der Waals surface area (Å²) in [6.45, 7) is 7.32. The van der Waals surface area contributed by atoms with Crippen molar-refractivity contribution in [1.82, 2.24) is 24.4 Å². The largest absolute Gasteiger partial charge is 0.356 e. The van der Waals surface area contributed by atoms with E-state index in [1.165, 1.54) is 11.8 Å². The number of carbonyl (C=O) groups is 1. The van der Waals surface area contributed by atoms with Gasteiger partial charge >= 0.3 is 5.69 Å². The summed E-state index contributed by atoms with van der Waals surface area (Å²) in [4.78, 5) is 41.3. The first kappa shape index (κ1) is 24.6. The molecule has 1 aliphatic heterocycles. The lowest BCUT2D eigenvalue weighted by molar-refractivity contribution is -0.129. The zero-order chi connectivity index (χ0) is 24.1. The highest BCUT2D eigenvalue weighted by Crippen LogP contribution is 2.26. The van der Waals surface area contributed by atoms with Crippen molar-refractivity contribution < 1.29 is 4.79 Å². The first-order chi connectivity index (χ1) is 16.5. The van der Waals surface area contributed by atoms with Crippen molar-refractivity contribution in [3.8, 4) is 0 Å². The van der Waals surface area contributed by atoms with Crippen LogP contribution in [0.15, 0.2) is 40.3 Å². The number of anilines is 1. The molecule has 1 fully saturated rings. The number of para-hydroxylation sites is 2. The van der Waals surface area contributed by atoms with Gasteiger partial charge in [-0.2, -0.15) is 0 Å². The van der Waals surface area contributed by atoms with Crippen LogP contribution in [-0.4, -0.2) is 62.3 Å². The molecule has 0 atom stereocenters. The highest BCUT2D eigenvalue weighted by molar-refractivity contribution is 7.99. The van der Waals surface area contributed by atoms with Crippen LogP contribution < -0.4 is 10.6 Å². The van der Waals surface area contributed by atoms with Gasteiger partial charge < -0.3 is 14.8 Å². The SMILES string of the molecule is CCCN(CCC)c1cc(Cl)nc(SCC(=O)N2CCC(n3c(=O)[nH]c4ccccc43)CC2)n1. The van der Waals surface area contributed by atoms with Crippen LogP contribution in [0, 0.1) is 0 Å². The molecule has 1 N–H and O–H groups in total. The van der Waals surface area contributed by atoms with Crippen LogP contribution in [0.1, 0.15) is 45.6 Å². The second-order valence-electron chi connectivity index (χ2n) is 8.54. The van der Waals surface area contributed by atoms with Gasteiger partial charge in [-0.25, -0.2) is 14.8 Å². The van der Waals surface area contributed by atoms with Crippen LogP contribution in [0.2, 0.25) is 5.15 Å². The van der Waals surface area contributed by atoms with E-state index in [4.69, 9.17) is 11.6 Å². The third kappa shape index (κ3) is 5.58. The summed E-state index contributed by atoms with van der Waals surface area (Å²) in [6, 6.07) is 9.60. The second kappa shape index (κ2) is 11.3. The molecule has 2 aromatic heterocycles. The smallest absolute Gasteiger partial charge is 0.326 e. The number of benzene rings is 1. The van der Waals surface area contributed by atoms with Crippen molar-refractivity contribution in [2.75, 3.05) is 36.8 Å². The number of likely N-dealkylation sites (tertiary alicyclic amines) is 1. The molecule has 182 valence electrons. The highest BCUT2D eigenvalue weighted by atomic mass is 35.5. The Kier molecular flexibility index (Phi) is 8.15. The minimum absolute atomic E-state index is 0.0545. The number of piperidine rings is 1. The molecule has 34 heavy (non-hydrogen) atoms. The number of thioether (sulfide) groups is 1. The second-order valence-corrected chi connectivity index (χ2v) is 9.87. The molecular formula is C24H31ClN6O2S. The molecule has 3 heterocycles. The topological polar surface area (TPSA) is 87.1 Å². The lowest BCUT2D eigenvalue weighted by Crippen LogP contribution is -2.41. The molecule has 4 rings (SSSR count). The Balaban J connectivity index is 1.36. The van der Waals surface area contributed by atoms with Crippen LogP contribution in [0.4, 0.5) is 5.82 Å². The van der Waals surface area contributed by atoms with Gasteiger partial charge in [-0.1, -0.05) is 49.3 Å². The zero-order valence-corrected chi connectivity index (χ0v) is 21.2. The normalized spacial score (nSPS) is 14.6. The van der Waals surface area contributed by atoms with Crippen molar-refractivity contribution in [3.63, 3.8) is 0 Å². The summed E-state index contributed by atoms with van der Waals surface area (Å²) in [5.74, 6) is 1.13. The Morgan fingerprint density at radius 1 is 1.18 bits per heavy atom. The number of rotatable bonds is 9. The molecule has 1 amide bonds. The standard InChI is InChI=1S/C24H31ClN6O2S/c1-3-11-29(12-4-2)21-15-20(25)27-23(28-21)34-16-22(32)30-13-9-17(10-14-30)31-19-8-6-5-7-18(19)26-24(31)33/h5-8,15,17H,3-4,9-14,16H2,1-2H3,(H,26,33). The van der Waals surface area contributed by atoms with Crippen molar-refractivity contribution in [1.29, 1.82) is 0 Å². The Labute approximate surface area is 208 Å². The summed E-state index contributed by atoms with van der Waals surface area (Å²) >= 11 is 7.58. The van der Waals surface area contributed by atoms with E-state index in [2.05, 4.69) is 33.7 Å². The van der Waals surface area contributed by atoms with Crippen LogP contribution in [0.25, 0.3) is 11.0 Å². The van der Waals surface area contributed by atoms with Crippen molar-refractivity contribution in [2.45, 2.75) is 50.7 Å². The highest BCUT2D eigenvalue weighted by Gasteiger charge is 2.26. The van der Waals surface area contributed by atoms with E-state index in [1.807, 2.05) is 33.7 Å². The van der Waals surface area contributed by atoms with Crippen LogP contribution in [-0.2, 0) is 4.79 Å². The van der Waals surface area contributed by atoms with Gasteiger partial charge in [0.25, 0.3) is 0 Å². The van der Waals surface area contributed by atoms with Gasteiger partial charge in [0.05, 0.1) is 16.8 Å².